The lowest BCUT2D eigenvalue weighted by atomic mass is 9.93. The van der Waals surface area contributed by atoms with Crippen LogP contribution < -0.4 is 5.43 Å². The molecule has 1 atom stereocenters. The molecule has 0 aliphatic heterocycles. The number of hydrogen-bond donors (Lipinski definition) is 2. The van der Waals surface area contributed by atoms with Crippen molar-refractivity contribution in [2.75, 3.05) is 0 Å². The first-order valence-corrected chi connectivity index (χ1v) is 10.3. The fourth-order valence-corrected chi connectivity index (χ4v) is 3.81. The summed E-state index contributed by atoms with van der Waals surface area (Å²) in [6.45, 7) is 2.37. The molecule has 0 aliphatic rings. The van der Waals surface area contributed by atoms with Crippen molar-refractivity contribution in [2.45, 2.75) is 32.0 Å². The second kappa shape index (κ2) is 8.15. The van der Waals surface area contributed by atoms with E-state index in [1.165, 1.54) is 24.3 Å². The number of fused-ring (bicyclic) bond motifs is 1. The summed E-state index contributed by atoms with van der Waals surface area (Å²) in [6.07, 6.45) is -4.29. The normalized spacial score (nSPS) is 13.8. The number of aromatic amines is 1. The van der Waals surface area contributed by atoms with Crippen molar-refractivity contribution in [3.63, 3.8) is 0 Å². The van der Waals surface area contributed by atoms with Gasteiger partial charge in [0.25, 0.3) is 0 Å². The summed E-state index contributed by atoms with van der Waals surface area (Å²) in [5.41, 5.74) is 0.393. The minimum Gasteiger partial charge on any atom is -0.376 e. The second-order valence-electron chi connectivity index (χ2n) is 8.26. The molecule has 0 aliphatic carbocycles. The van der Waals surface area contributed by atoms with Crippen LogP contribution in [0.5, 0.6) is 0 Å². The van der Waals surface area contributed by atoms with E-state index in [2.05, 4.69) is 4.98 Å². The molecule has 4 rings (SSSR count). The van der Waals surface area contributed by atoms with Crippen LogP contribution in [0.25, 0.3) is 22.2 Å². The number of benzene rings is 3. The highest BCUT2D eigenvalue weighted by Gasteiger charge is 2.51. The Labute approximate surface area is 187 Å². The largest absolute Gasteiger partial charge is 0.421 e. The number of aromatic nitrogens is 1. The Morgan fingerprint density at radius 1 is 0.909 bits per heavy atom. The molecule has 0 bridgehead atoms. The van der Waals surface area contributed by atoms with Gasteiger partial charge in [-0.15, -0.1) is 0 Å². The summed E-state index contributed by atoms with van der Waals surface area (Å²) in [7, 11) is 0. The third kappa shape index (κ3) is 4.16. The van der Waals surface area contributed by atoms with E-state index < -0.39 is 17.6 Å². The predicted molar refractivity (Wildman–Crippen MR) is 120 cm³/mol. The van der Waals surface area contributed by atoms with Crippen LogP contribution in [0.1, 0.15) is 29.2 Å². The standard InChI is InChI=1S/C26H21F4NO2/c1-15-23(31-21-5-3-4-20(27)22(21)24(15)32)18-10-6-16(7-11-18)14-17-8-12-19(13-9-17)25(2,33)26(28,29)30/h3-13,33H,14H2,1-2H3,(H,31,32). The number of alkyl halides is 3. The molecule has 7 heteroatoms. The van der Waals surface area contributed by atoms with E-state index in [4.69, 9.17) is 0 Å². The summed E-state index contributed by atoms with van der Waals surface area (Å²) >= 11 is 0. The van der Waals surface area contributed by atoms with Gasteiger partial charge < -0.3 is 10.1 Å². The molecule has 0 radical (unpaired) electrons. The highest BCUT2D eigenvalue weighted by molar-refractivity contribution is 5.83. The molecule has 33 heavy (non-hydrogen) atoms. The maximum atomic E-state index is 14.1. The van der Waals surface area contributed by atoms with Crippen LogP contribution in [0.4, 0.5) is 17.6 Å². The highest BCUT2D eigenvalue weighted by Crippen LogP contribution is 2.38. The molecule has 0 saturated heterocycles. The van der Waals surface area contributed by atoms with Crippen LogP contribution >= 0.6 is 0 Å². The number of aliphatic hydroxyl groups is 1. The number of nitrogens with one attached hydrogen (secondary N) is 1. The third-order valence-electron chi connectivity index (χ3n) is 5.93. The Morgan fingerprint density at radius 2 is 1.48 bits per heavy atom. The van der Waals surface area contributed by atoms with Gasteiger partial charge in [-0.3, -0.25) is 4.79 Å². The van der Waals surface area contributed by atoms with Crippen molar-refractivity contribution in [2.24, 2.45) is 0 Å². The van der Waals surface area contributed by atoms with Crippen molar-refractivity contribution >= 4 is 10.9 Å². The van der Waals surface area contributed by atoms with Crippen LogP contribution in [0.3, 0.4) is 0 Å². The molecule has 0 spiro atoms. The van der Waals surface area contributed by atoms with Gasteiger partial charge in [-0.25, -0.2) is 4.39 Å². The van der Waals surface area contributed by atoms with Crippen LogP contribution in [0, 0.1) is 12.7 Å². The molecule has 4 aromatic rings. The minimum absolute atomic E-state index is 0.0308. The van der Waals surface area contributed by atoms with Crippen molar-refractivity contribution in [1.82, 2.24) is 4.98 Å². The molecular weight excluding hydrogens is 434 g/mol. The number of halogens is 4. The maximum Gasteiger partial charge on any atom is 0.421 e. The number of hydrogen-bond acceptors (Lipinski definition) is 2. The zero-order valence-electron chi connectivity index (χ0n) is 17.9. The van der Waals surface area contributed by atoms with Crippen molar-refractivity contribution in [1.29, 1.82) is 0 Å². The van der Waals surface area contributed by atoms with Gasteiger partial charge in [0.15, 0.2) is 11.0 Å². The molecule has 0 fully saturated rings. The molecule has 1 unspecified atom stereocenters. The average Bonchev–Trinajstić information content (AvgIpc) is 2.76. The quantitative estimate of drug-likeness (QED) is 0.371. The molecule has 3 nitrogen and oxygen atoms in total. The molecular formula is C26H21F4NO2. The van der Waals surface area contributed by atoms with Crippen molar-refractivity contribution in [3.8, 4) is 11.3 Å². The Balaban J connectivity index is 1.59. The van der Waals surface area contributed by atoms with E-state index in [0.29, 0.717) is 23.2 Å². The Hall–Kier alpha value is -3.45. The SMILES string of the molecule is Cc1c(-c2ccc(Cc3ccc(C(C)(O)C(F)(F)F)cc3)cc2)[nH]c2cccc(F)c2c1=O. The highest BCUT2D eigenvalue weighted by atomic mass is 19.4. The number of rotatable bonds is 4. The van der Waals surface area contributed by atoms with E-state index in [9.17, 15) is 27.5 Å². The summed E-state index contributed by atoms with van der Waals surface area (Å²) in [4.78, 5) is 15.8. The van der Waals surface area contributed by atoms with E-state index in [0.717, 1.165) is 23.6 Å². The lowest BCUT2D eigenvalue weighted by molar-refractivity contribution is -0.258. The Kier molecular flexibility index (Phi) is 5.62. The predicted octanol–water partition coefficient (Wildman–Crippen LogP) is 6.00. The van der Waals surface area contributed by atoms with Gasteiger partial charge in [-0.2, -0.15) is 13.2 Å². The smallest absolute Gasteiger partial charge is 0.376 e. The van der Waals surface area contributed by atoms with Crippen molar-refractivity contribution in [3.05, 3.63) is 105 Å². The Bertz CT molecular complexity index is 1370. The Morgan fingerprint density at radius 3 is 2.06 bits per heavy atom. The molecule has 170 valence electrons. The van der Waals surface area contributed by atoms with Gasteiger partial charge in [0, 0.05) is 5.56 Å². The minimum atomic E-state index is -4.77. The summed E-state index contributed by atoms with van der Waals surface area (Å²) < 4.78 is 53.1. The van der Waals surface area contributed by atoms with Gasteiger partial charge in [-0.05, 0) is 54.7 Å². The summed E-state index contributed by atoms with van der Waals surface area (Å²) in [5, 5.41) is 9.82. The summed E-state index contributed by atoms with van der Waals surface area (Å²) in [6, 6.07) is 17.5. The lowest BCUT2D eigenvalue weighted by Crippen LogP contribution is -2.39. The van der Waals surface area contributed by atoms with Crippen LogP contribution in [0.2, 0.25) is 0 Å². The number of H-pyrrole nitrogens is 1. The van der Waals surface area contributed by atoms with Gasteiger partial charge in [-0.1, -0.05) is 54.6 Å². The first-order chi connectivity index (χ1) is 15.5. The van der Waals surface area contributed by atoms with E-state index in [-0.39, 0.29) is 16.4 Å². The average molecular weight is 455 g/mol. The second-order valence-corrected chi connectivity index (χ2v) is 8.26. The topological polar surface area (TPSA) is 53.1 Å². The monoisotopic (exact) mass is 455 g/mol. The lowest BCUT2D eigenvalue weighted by Gasteiger charge is -2.26. The van der Waals surface area contributed by atoms with Gasteiger partial charge in [0.05, 0.1) is 16.6 Å². The molecule has 0 amide bonds. The van der Waals surface area contributed by atoms with E-state index in [1.54, 1.807) is 25.1 Å². The third-order valence-corrected chi connectivity index (χ3v) is 5.93. The fourth-order valence-electron chi connectivity index (χ4n) is 3.81. The van der Waals surface area contributed by atoms with Crippen molar-refractivity contribution < 1.29 is 22.7 Å². The summed E-state index contributed by atoms with van der Waals surface area (Å²) in [5.74, 6) is -0.568. The van der Waals surface area contributed by atoms with Crippen LogP contribution in [-0.2, 0) is 12.0 Å². The van der Waals surface area contributed by atoms with Crippen LogP contribution in [0.15, 0.2) is 71.5 Å². The fraction of sp³-hybridized carbons (Fsp3) is 0.192. The van der Waals surface area contributed by atoms with E-state index in [1.807, 2.05) is 24.3 Å². The first kappa shape index (κ1) is 22.7. The molecule has 3 aromatic carbocycles. The van der Waals surface area contributed by atoms with Gasteiger partial charge in [0.1, 0.15) is 5.82 Å². The molecule has 1 heterocycles. The molecule has 0 saturated carbocycles. The zero-order chi connectivity index (χ0) is 24.0. The van der Waals surface area contributed by atoms with Gasteiger partial charge >= 0.3 is 6.18 Å². The van der Waals surface area contributed by atoms with Crippen LogP contribution in [-0.4, -0.2) is 16.3 Å². The van der Waals surface area contributed by atoms with E-state index >= 15 is 0 Å². The van der Waals surface area contributed by atoms with Gasteiger partial charge in [0.2, 0.25) is 0 Å². The first-order valence-electron chi connectivity index (χ1n) is 10.3. The molecule has 1 aromatic heterocycles. The maximum absolute atomic E-state index is 14.1. The number of pyridine rings is 1. The zero-order valence-corrected chi connectivity index (χ0v) is 17.9. The molecule has 2 N–H and O–H groups in total.